The molecule has 3 aromatic heterocycles. The van der Waals surface area contributed by atoms with Crippen molar-refractivity contribution in [3.8, 4) is 5.69 Å². The van der Waals surface area contributed by atoms with Crippen LogP contribution in [0.5, 0.6) is 0 Å². The smallest absolute Gasteiger partial charge is 0.356 e. The summed E-state index contributed by atoms with van der Waals surface area (Å²) in [6, 6.07) is 14.9. The van der Waals surface area contributed by atoms with Gasteiger partial charge in [0.15, 0.2) is 11.3 Å². The lowest BCUT2D eigenvalue weighted by molar-refractivity contribution is 0.0594. The number of hydrogen-bond donors (Lipinski definition) is 1. The average molecular weight is 540 g/mol. The van der Waals surface area contributed by atoms with E-state index in [2.05, 4.69) is 25.6 Å². The summed E-state index contributed by atoms with van der Waals surface area (Å²) in [7, 11) is 1.26. The van der Waals surface area contributed by atoms with Gasteiger partial charge < -0.3 is 10.1 Å². The molecule has 1 N–H and O–H groups in total. The number of nitrogens with one attached hydrogen (secondary N) is 1. The second-order valence-corrected chi connectivity index (χ2v) is 9.68. The van der Waals surface area contributed by atoms with Gasteiger partial charge in [0.1, 0.15) is 17.2 Å². The van der Waals surface area contributed by atoms with Gasteiger partial charge in [-0.15, -0.1) is 5.10 Å². The van der Waals surface area contributed by atoms with Gasteiger partial charge in [-0.05, 0) is 67.6 Å². The van der Waals surface area contributed by atoms with E-state index < -0.39 is 17.7 Å². The predicted octanol–water partition coefficient (Wildman–Crippen LogP) is 4.00. The number of esters is 1. The van der Waals surface area contributed by atoms with Gasteiger partial charge in [0.05, 0.1) is 24.4 Å². The van der Waals surface area contributed by atoms with Crippen molar-refractivity contribution in [1.29, 1.82) is 0 Å². The van der Waals surface area contributed by atoms with Crippen LogP contribution in [0.3, 0.4) is 0 Å². The number of aryl methyl sites for hydroxylation is 1. The highest BCUT2D eigenvalue weighted by Crippen LogP contribution is 2.32. The Labute approximate surface area is 228 Å². The van der Waals surface area contributed by atoms with E-state index in [0.717, 1.165) is 35.7 Å². The third-order valence-corrected chi connectivity index (χ3v) is 7.18. The number of amides is 1. The van der Waals surface area contributed by atoms with E-state index >= 15 is 4.39 Å². The number of benzene rings is 2. The first kappa shape index (κ1) is 25.5. The minimum Gasteiger partial charge on any atom is -0.464 e. The van der Waals surface area contributed by atoms with Crippen LogP contribution in [0.2, 0.25) is 0 Å². The topological polar surface area (TPSA) is 115 Å². The van der Waals surface area contributed by atoms with Crippen molar-refractivity contribution < 1.29 is 18.7 Å². The average Bonchev–Trinajstić information content (AvgIpc) is 3.41. The van der Waals surface area contributed by atoms with E-state index in [-0.39, 0.29) is 22.9 Å². The zero-order valence-corrected chi connectivity index (χ0v) is 22.0. The molecular formula is C29H26FN7O3. The maximum absolute atomic E-state index is 15.8. The molecule has 2 aromatic carbocycles. The summed E-state index contributed by atoms with van der Waals surface area (Å²) in [5.41, 5.74) is 1.94. The van der Waals surface area contributed by atoms with Gasteiger partial charge in [-0.25, -0.2) is 19.2 Å². The number of carbonyl (C=O) groups is 2. The molecule has 1 aliphatic heterocycles. The minimum atomic E-state index is -0.721. The van der Waals surface area contributed by atoms with E-state index in [0.29, 0.717) is 23.6 Å². The van der Waals surface area contributed by atoms with Crippen LogP contribution in [0.15, 0.2) is 60.8 Å². The molecule has 1 amide bonds. The van der Waals surface area contributed by atoms with Crippen LogP contribution < -0.4 is 10.2 Å². The molecule has 10 nitrogen and oxygen atoms in total. The normalized spacial score (nSPS) is 15.3. The van der Waals surface area contributed by atoms with Crippen LogP contribution in [0, 0.1) is 12.7 Å². The van der Waals surface area contributed by atoms with Gasteiger partial charge in [0.2, 0.25) is 0 Å². The Kier molecular flexibility index (Phi) is 6.64. The Balaban J connectivity index is 1.42. The molecule has 0 spiro atoms. The van der Waals surface area contributed by atoms with Gasteiger partial charge in [-0.3, -0.25) is 9.69 Å². The minimum absolute atomic E-state index is 0.0698. The van der Waals surface area contributed by atoms with Crippen molar-refractivity contribution in [2.45, 2.75) is 25.8 Å². The lowest BCUT2D eigenvalue weighted by atomic mass is 10.0. The van der Waals surface area contributed by atoms with Gasteiger partial charge >= 0.3 is 5.97 Å². The molecule has 1 atom stereocenters. The van der Waals surface area contributed by atoms with Crippen molar-refractivity contribution in [3.05, 3.63) is 83.4 Å². The predicted molar refractivity (Wildman–Crippen MR) is 147 cm³/mol. The summed E-state index contributed by atoms with van der Waals surface area (Å²) >= 11 is 0. The molecule has 11 heteroatoms. The van der Waals surface area contributed by atoms with Crippen LogP contribution in [0.1, 0.15) is 39.3 Å². The highest BCUT2D eigenvalue weighted by atomic mass is 19.1. The SMILES string of the molecule is COC(=O)c1ccc2nnn(-c3ccc(C(=O)N(c4nccc5cccc(C)c45)[C@@H]4CCCNC4)c(F)c3)c2n1. The number of anilines is 1. The highest BCUT2D eigenvalue weighted by molar-refractivity contribution is 6.11. The number of rotatable bonds is 5. The van der Waals surface area contributed by atoms with E-state index in [1.54, 1.807) is 23.2 Å². The molecule has 5 aromatic rings. The zero-order chi connectivity index (χ0) is 27.8. The highest BCUT2D eigenvalue weighted by Gasteiger charge is 2.32. The Morgan fingerprint density at radius 3 is 2.80 bits per heavy atom. The first-order valence-electron chi connectivity index (χ1n) is 13.0. The Morgan fingerprint density at radius 2 is 2.02 bits per heavy atom. The van der Waals surface area contributed by atoms with E-state index in [9.17, 15) is 9.59 Å². The van der Waals surface area contributed by atoms with Crippen molar-refractivity contribution in [2.24, 2.45) is 0 Å². The van der Waals surface area contributed by atoms with Crippen molar-refractivity contribution >= 4 is 39.6 Å². The fraction of sp³-hybridized carbons (Fsp3) is 0.241. The van der Waals surface area contributed by atoms with Gasteiger partial charge in [-0.1, -0.05) is 23.4 Å². The van der Waals surface area contributed by atoms with E-state index in [1.807, 2.05) is 31.2 Å². The molecule has 4 heterocycles. The molecule has 0 radical (unpaired) electrons. The van der Waals surface area contributed by atoms with Crippen molar-refractivity contribution in [2.75, 3.05) is 25.1 Å². The number of halogens is 1. The number of ether oxygens (including phenoxy) is 1. The quantitative estimate of drug-likeness (QED) is 0.334. The molecular weight excluding hydrogens is 513 g/mol. The number of methoxy groups -OCH3 is 1. The number of pyridine rings is 2. The maximum atomic E-state index is 15.8. The Morgan fingerprint density at radius 1 is 1.15 bits per heavy atom. The standard InChI is InChI=1S/C29H26FN7O3/c1-17-5-3-6-18-12-14-32-27(25(17)18)36(20-7-4-13-31-16-20)28(38)21-9-8-19(15-22(21)30)37-26-23(34-35-37)10-11-24(33-26)29(39)40-2/h3,5-6,8-12,14-15,20,31H,4,7,13,16H2,1-2H3/t20-/m1/s1. The van der Waals surface area contributed by atoms with Gasteiger partial charge in [-0.2, -0.15) is 4.68 Å². The Hall–Kier alpha value is -4.77. The summed E-state index contributed by atoms with van der Waals surface area (Å²) < 4.78 is 21.8. The summed E-state index contributed by atoms with van der Waals surface area (Å²) in [6.45, 7) is 3.42. The van der Waals surface area contributed by atoms with E-state index in [4.69, 9.17) is 4.74 Å². The number of fused-ring (bicyclic) bond motifs is 2. The molecule has 6 rings (SSSR count). The summed E-state index contributed by atoms with van der Waals surface area (Å²) in [4.78, 5) is 36.6. The molecule has 0 aliphatic carbocycles. The van der Waals surface area contributed by atoms with Gasteiger partial charge in [0, 0.05) is 24.2 Å². The number of piperidine rings is 1. The van der Waals surface area contributed by atoms with Crippen molar-refractivity contribution in [1.82, 2.24) is 30.3 Å². The first-order chi connectivity index (χ1) is 19.5. The van der Waals surface area contributed by atoms with Crippen LogP contribution in [0.25, 0.3) is 27.6 Å². The van der Waals surface area contributed by atoms with Crippen molar-refractivity contribution in [3.63, 3.8) is 0 Å². The molecule has 1 fully saturated rings. The fourth-order valence-electron chi connectivity index (χ4n) is 5.20. The fourth-order valence-corrected chi connectivity index (χ4v) is 5.20. The van der Waals surface area contributed by atoms with Gasteiger partial charge in [0.25, 0.3) is 5.91 Å². The van der Waals surface area contributed by atoms with Crippen LogP contribution in [-0.2, 0) is 4.74 Å². The Bertz CT molecular complexity index is 1760. The third kappa shape index (κ3) is 4.43. The van der Waals surface area contributed by atoms with Crippen LogP contribution in [-0.4, -0.2) is 63.1 Å². The van der Waals surface area contributed by atoms with E-state index in [1.165, 1.54) is 30.0 Å². The molecule has 40 heavy (non-hydrogen) atoms. The molecule has 0 saturated carbocycles. The maximum Gasteiger partial charge on any atom is 0.356 e. The number of aromatic nitrogens is 5. The molecule has 1 saturated heterocycles. The molecule has 202 valence electrons. The zero-order valence-electron chi connectivity index (χ0n) is 22.0. The number of nitrogens with zero attached hydrogens (tertiary/aromatic N) is 6. The van der Waals surface area contributed by atoms with Crippen LogP contribution >= 0.6 is 0 Å². The molecule has 0 unspecified atom stereocenters. The summed E-state index contributed by atoms with van der Waals surface area (Å²) in [5.74, 6) is -1.30. The third-order valence-electron chi connectivity index (χ3n) is 7.18. The monoisotopic (exact) mass is 539 g/mol. The number of hydrogen-bond acceptors (Lipinski definition) is 8. The molecule has 0 bridgehead atoms. The lowest BCUT2D eigenvalue weighted by Crippen LogP contribution is -2.49. The summed E-state index contributed by atoms with van der Waals surface area (Å²) in [5, 5.41) is 13.3. The number of carbonyl (C=O) groups excluding carboxylic acids is 2. The lowest BCUT2D eigenvalue weighted by Gasteiger charge is -2.35. The second kappa shape index (κ2) is 10.4. The largest absolute Gasteiger partial charge is 0.464 e. The summed E-state index contributed by atoms with van der Waals surface area (Å²) in [6.07, 6.45) is 3.33. The molecule has 1 aliphatic rings. The van der Waals surface area contributed by atoms with Crippen LogP contribution in [0.4, 0.5) is 10.2 Å². The second-order valence-electron chi connectivity index (χ2n) is 9.68. The first-order valence-corrected chi connectivity index (χ1v) is 13.0.